The van der Waals surface area contributed by atoms with Crippen molar-refractivity contribution in [2.45, 2.75) is 44.8 Å². The Kier molecular flexibility index (Phi) is 9.75. The molecule has 0 aliphatic heterocycles. The Labute approximate surface area is 167 Å². The summed E-state index contributed by atoms with van der Waals surface area (Å²) in [6, 6.07) is -3.59. The number of aliphatic hydroxyl groups is 1. The number of nitrogens with one attached hydrogen (secondary N) is 4. The summed E-state index contributed by atoms with van der Waals surface area (Å²) in [6.45, 7) is 2.45. The lowest BCUT2D eigenvalue weighted by molar-refractivity contribution is -0.142. The molecule has 0 bridgehead atoms. The maximum absolute atomic E-state index is 12.7. The second-order valence-corrected chi connectivity index (χ2v) is 6.56. The van der Waals surface area contributed by atoms with Gasteiger partial charge in [0.05, 0.1) is 19.5 Å². The van der Waals surface area contributed by atoms with E-state index in [0.29, 0.717) is 12.1 Å². The molecule has 1 rings (SSSR count). The number of H-pyrrole nitrogens is 1. The summed E-state index contributed by atoms with van der Waals surface area (Å²) in [5.41, 5.74) is 5.70. The van der Waals surface area contributed by atoms with Gasteiger partial charge in [-0.15, -0.1) is 0 Å². The highest BCUT2D eigenvalue weighted by molar-refractivity contribution is 5.93. The summed E-state index contributed by atoms with van der Waals surface area (Å²) in [6.07, 6.45) is 3.33. The minimum atomic E-state index is -1.29. The minimum Gasteiger partial charge on any atom is -0.480 e. The smallest absolute Gasteiger partial charge is 0.326 e. The number of amides is 3. The first-order chi connectivity index (χ1) is 13.7. The standard InChI is InChI=1S/C17H28N6O6/c1-3-9(2)14(23-15(26)12(7-24)21-13(25)5-18)16(27)22-11(17(28)29)4-10-6-19-8-20-10/h6,8-9,11-12,14,24H,3-5,7,18H2,1-2H3,(H,19,20)(H,21,25)(H,22,27)(H,23,26)(H,28,29). The zero-order valence-electron chi connectivity index (χ0n) is 16.3. The highest BCUT2D eigenvalue weighted by Crippen LogP contribution is 2.10. The van der Waals surface area contributed by atoms with Crippen LogP contribution in [0, 0.1) is 5.92 Å². The molecule has 1 aromatic rings. The first-order valence-corrected chi connectivity index (χ1v) is 9.14. The molecule has 12 nitrogen and oxygen atoms in total. The lowest BCUT2D eigenvalue weighted by atomic mass is 9.97. The average molecular weight is 412 g/mol. The maximum Gasteiger partial charge on any atom is 0.326 e. The van der Waals surface area contributed by atoms with E-state index in [1.807, 2.05) is 0 Å². The fourth-order valence-electron chi connectivity index (χ4n) is 2.48. The first-order valence-electron chi connectivity index (χ1n) is 9.14. The number of carboxylic acid groups (broad SMARTS) is 1. The summed E-state index contributed by atoms with van der Waals surface area (Å²) in [7, 11) is 0. The van der Waals surface area contributed by atoms with E-state index in [4.69, 9.17) is 5.73 Å². The quantitative estimate of drug-likeness (QED) is 0.195. The molecule has 0 spiro atoms. The molecule has 4 atom stereocenters. The Balaban J connectivity index is 2.89. The number of aromatic amines is 1. The van der Waals surface area contributed by atoms with E-state index in [2.05, 4.69) is 25.9 Å². The van der Waals surface area contributed by atoms with Crippen LogP contribution in [0.25, 0.3) is 0 Å². The van der Waals surface area contributed by atoms with Crippen molar-refractivity contribution >= 4 is 23.7 Å². The van der Waals surface area contributed by atoms with E-state index in [-0.39, 0.29) is 18.9 Å². The topological polar surface area (TPSA) is 200 Å². The molecular formula is C17H28N6O6. The summed E-state index contributed by atoms with van der Waals surface area (Å²) in [5.74, 6) is -3.71. The fraction of sp³-hybridized carbons (Fsp3) is 0.588. The van der Waals surface area contributed by atoms with Crippen molar-refractivity contribution in [2.24, 2.45) is 11.7 Å². The fourth-order valence-corrected chi connectivity index (χ4v) is 2.48. The van der Waals surface area contributed by atoms with E-state index in [0.717, 1.165) is 0 Å². The van der Waals surface area contributed by atoms with Crippen LogP contribution in [0.15, 0.2) is 12.5 Å². The molecule has 8 N–H and O–H groups in total. The molecule has 0 aromatic carbocycles. The van der Waals surface area contributed by atoms with Crippen molar-refractivity contribution in [1.29, 1.82) is 0 Å². The van der Waals surface area contributed by atoms with E-state index < -0.39 is 48.4 Å². The highest BCUT2D eigenvalue weighted by atomic mass is 16.4. The Morgan fingerprint density at radius 2 is 1.86 bits per heavy atom. The van der Waals surface area contributed by atoms with Crippen LogP contribution in [0.4, 0.5) is 0 Å². The van der Waals surface area contributed by atoms with Gasteiger partial charge in [0.1, 0.15) is 18.1 Å². The molecule has 0 aliphatic rings. The predicted octanol–water partition coefficient (Wildman–Crippen LogP) is -2.51. The van der Waals surface area contributed by atoms with Gasteiger partial charge in [-0.3, -0.25) is 14.4 Å². The van der Waals surface area contributed by atoms with Crippen LogP contribution >= 0.6 is 0 Å². The molecule has 12 heteroatoms. The highest BCUT2D eigenvalue weighted by Gasteiger charge is 2.32. The average Bonchev–Trinajstić information content (AvgIpc) is 3.21. The van der Waals surface area contributed by atoms with Crippen molar-refractivity contribution in [2.75, 3.05) is 13.2 Å². The number of nitrogens with zero attached hydrogens (tertiary/aromatic N) is 1. The molecule has 1 heterocycles. The third kappa shape index (κ3) is 7.50. The van der Waals surface area contributed by atoms with Crippen LogP contribution in [0.5, 0.6) is 0 Å². The van der Waals surface area contributed by atoms with Gasteiger partial charge >= 0.3 is 5.97 Å². The Hall–Kier alpha value is -2.99. The molecule has 1 aromatic heterocycles. The number of carboxylic acids is 1. The zero-order valence-corrected chi connectivity index (χ0v) is 16.3. The molecule has 3 amide bonds. The van der Waals surface area contributed by atoms with Gasteiger partial charge in [0.2, 0.25) is 17.7 Å². The van der Waals surface area contributed by atoms with Crippen LogP contribution in [-0.4, -0.2) is 75.1 Å². The number of imidazole rings is 1. The first kappa shape index (κ1) is 24.0. The molecule has 0 fully saturated rings. The number of hydrogen-bond acceptors (Lipinski definition) is 7. The Morgan fingerprint density at radius 3 is 2.34 bits per heavy atom. The number of carbonyl (C=O) groups excluding carboxylic acids is 3. The summed E-state index contributed by atoms with van der Waals surface area (Å²) >= 11 is 0. The van der Waals surface area contributed by atoms with Crippen molar-refractivity contribution in [3.05, 3.63) is 18.2 Å². The summed E-state index contributed by atoms with van der Waals surface area (Å²) in [5, 5.41) is 25.9. The number of aromatic nitrogens is 2. The maximum atomic E-state index is 12.7. The van der Waals surface area contributed by atoms with Gasteiger partial charge in [-0.1, -0.05) is 20.3 Å². The molecule has 0 aliphatic carbocycles. The van der Waals surface area contributed by atoms with E-state index in [9.17, 15) is 29.4 Å². The minimum absolute atomic E-state index is 0.0198. The van der Waals surface area contributed by atoms with Gasteiger partial charge in [0.25, 0.3) is 0 Å². The SMILES string of the molecule is CCC(C)C(NC(=O)C(CO)NC(=O)CN)C(=O)NC(Cc1cnc[nH]1)C(=O)O. The normalized spacial score (nSPS) is 14.9. The molecule has 162 valence electrons. The number of rotatable bonds is 12. The van der Waals surface area contributed by atoms with Crippen molar-refractivity contribution in [1.82, 2.24) is 25.9 Å². The summed E-state index contributed by atoms with van der Waals surface area (Å²) in [4.78, 5) is 54.6. The molecular weight excluding hydrogens is 384 g/mol. The van der Waals surface area contributed by atoms with Gasteiger partial charge in [0.15, 0.2) is 0 Å². The number of aliphatic hydroxyl groups excluding tert-OH is 1. The van der Waals surface area contributed by atoms with Gasteiger partial charge < -0.3 is 36.9 Å². The van der Waals surface area contributed by atoms with Gasteiger partial charge in [-0.05, 0) is 5.92 Å². The largest absolute Gasteiger partial charge is 0.480 e. The van der Waals surface area contributed by atoms with E-state index in [1.165, 1.54) is 12.5 Å². The van der Waals surface area contributed by atoms with Crippen LogP contribution < -0.4 is 21.7 Å². The van der Waals surface area contributed by atoms with Crippen LogP contribution in [0.1, 0.15) is 26.0 Å². The van der Waals surface area contributed by atoms with Crippen LogP contribution in [0.3, 0.4) is 0 Å². The monoisotopic (exact) mass is 412 g/mol. The number of carbonyl (C=O) groups is 4. The predicted molar refractivity (Wildman–Crippen MR) is 101 cm³/mol. The van der Waals surface area contributed by atoms with Crippen molar-refractivity contribution in [3.8, 4) is 0 Å². The lowest BCUT2D eigenvalue weighted by Crippen LogP contribution is -2.59. The lowest BCUT2D eigenvalue weighted by Gasteiger charge is -2.27. The molecule has 4 unspecified atom stereocenters. The van der Waals surface area contributed by atoms with Crippen molar-refractivity contribution in [3.63, 3.8) is 0 Å². The molecule has 29 heavy (non-hydrogen) atoms. The van der Waals surface area contributed by atoms with Gasteiger partial charge in [0, 0.05) is 18.3 Å². The van der Waals surface area contributed by atoms with Crippen molar-refractivity contribution < 1.29 is 29.4 Å². The number of hydrogen-bond donors (Lipinski definition) is 7. The molecule has 0 saturated heterocycles. The second kappa shape index (κ2) is 11.8. The van der Waals surface area contributed by atoms with Crippen LogP contribution in [0.2, 0.25) is 0 Å². The van der Waals surface area contributed by atoms with Gasteiger partial charge in [-0.25, -0.2) is 9.78 Å². The van der Waals surface area contributed by atoms with E-state index in [1.54, 1.807) is 13.8 Å². The third-order valence-electron chi connectivity index (χ3n) is 4.41. The third-order valence-corrected chi connectivity index (χ3v) is 4.41. The molecule has 0 saturated carbocycles. The molecule has 0 radical (unpaired) electrons. The number of nitrogens with two attached hydrogens (primary N) is 1. The van der Waals surface area contributed by atoms with E-state index >= 15 is 0 Å². The van der Waals surface area contributed by atoms with Gasteiger partial charge in [-0.2, -0.15) is 0 Å². The Morgan fingerprint density at radius 1 is 1.17 bits per heavy atom. The van der Waals surface area contributed by atoms with Crippen LogP contribution in [-0.2, 0) is 25.6 Å². The second-order valence-electron chi connectivity index (χ2n) is 6.56. The zero-order chi connectivity index (χ0) is 22.0. The Bertz CT molecular complexity index is 695. The summed E-state index contributed by atoms with van der Waals surface area (Å²) < 4.78 is 0. The number of aliphatic carboxylic acids is 1.